The first-order chi connectivity index (χ1) is 8.69. The Hall–Kier alpha value is -1.01. The molecule has 0 saturated heterocycles. The van der Waals surface area contributed by atoms with Crippen molar-refractivity contribution in [1.82, 2.24) is 15.2 Å². The van der Waals surface area contributed by atoms with Gasteiger partial charge in [-0.15, -0.1) is 0 Å². The molecule has 2 aromatic heterocycles. The summed E-state index contributed by atoms with van der Waals surface area (Å²) in [5, 5.41) is 5.06. The number of hydrogen-bond donors (Lipinski definition) is 2. The lowest BCUT2D eigenvalue weighted by Crippen LogP contribution is -2.31. The molecule has 0 bridgehead atoms. The molecular weight excluding hydrogens is 275 g/mol. The Morgan fingerprint density at radius 2 is 2.33 bits per heavy atom. The molecule has 2 rings (SSSR count). The van der Waals surface area contributed by atoms with Crippen molar-refractivity contribution >= 4 is 23.2 Å². The summed E-state index contributed by atoms with van der Waals surface area (Å²) in [5.74, 6) is 5.61. The van der Waals surface area contributed by atoms with Crippen LogP contribution in [0, 0.1) is 0 Å². The lowest BCUT2D eigenvalue weighted by atomic mass is 10.1. The average Bonchev–Trinajstić information content (AvgIpc) is 2.91. The van der Waals surface area contributed by atoms with E-state index < -0.39 is 0 Å². The summed E-state index contributed by atoms with van der Waals surface area (Å²) in [6.45, 7) is 2.82. The zero-order valence-electron chi connectivity index (χ0n) is 9.86. The normalized spacial score (nSPS) is 12.9. The van der Waals surface area contributed by atoms with Crippen LogP contribution in [0.5, 0.6) is 0 Å². The lowest BCUT2D eigenvalue weighted by Gasteiger charge is -2.17. The van der Waals surface area contributed by atoms with Crippen molar-refractivity contribution in [3.63, 3.8) is 0 Å². The molecule has 2 aromatic rings. The SMILES string of the molecule is CCCn1ncc(Cl)c1C(NN)c1ccoc1Cl. The van der Waals surface area contributed by atoms with E-state index in [0.717, 1.165) is 24.2 Å². The van der Waals surface area contributed by atoms with Gasteiger partial charge in [-0.3, -0.25) is 10.5 Å². The number of nitrogens with one attached hydrogen (secondary N) is 1. The van der Waals surface area contributed by atoms with E-state index in [9.17, 15) is 0 Å². The van der Waals surface area contributed by atoms with Gasteiger partial charge in [0.25, 0.3) is 0 Å². The van der Waals surface area contributed by atoms with Gasteiger partial charge in [-0.1, -0.05) is 18.5 Å². The van der Waals surface area contributed by atoms with Crippen LogP contribution < -0.4 is 11.3 Å². The van der Waals surface area contributed by atoms with E-state index in [-0.39, 0.29) is 6.04 Å². The minimum Gasteiger partial charge on any atom is -0.453 e. The monoisotopic (exact) mass is 288 g/mol. The second kappa shape index (κ2) is 5.75. The van der Waals surface area contributed by atoms with Gasteiger partial charge in [-0.05, 0) is 24.1 Å². The van der Waals surface area contributed by atoms with Crippen LogP contribution in [0.25, 0.3) is 0 Å². The minimum atomic E-state index is -0.349. The first kappa shape index (κ1) is 13.4. The van der Waals surface area contributed by atoms with Gasteiger partial charge in [0.2, 0.25) is 0 Å². The molecule has 0 aromatic carbocycles. The van der Waals surface area contributed by atoms with E-state index in [0.29, 0.717) is 10.2 Å². The Balaban J connectivity index is 2.45. The van der Waals surface area contributed by atoms with Crippen molar-refractivity contribution in [3.8, 4) is 0 Å². The largest absolute Gasteiger partial charge is 0.453 e. The molecule has 0 aliphatic rings. The van der Waals surface area contributed by atoms with Gasteiger partial charge in [0.15, 0.2) is 5.22 Å². The third kappa shape index (κ3) is 2.40. The predicted octanol–water partition coefficient (Wildman–Crippen LogP) is 2.75. The predicted molar refractivity (Wildman–Crippen MR) is 70.4 cm³/mol. The summed E-state index contributed by atoms with van der Waals surface area (Å²) >= 11 is 12.1. The van der Waals surface area contributed by atoms with Crippen LogP contribution in [0.2, 0.25) is 10.2 Å². The number of furan rings is 1. The Kier molecular flexibility index (Phi) is 4.29. The van der Waals surface area contributed by atoms with E-state index in [1.807, 2.05) is 4.68 Å². The lowest BCUT2D eigenvalue weighted by molar-refractivity contribution is 0.512. The van der Waals surface area contributed by atoms with Gasteiger partial charge in [0, 0.05) is 12.1 Å². The van der Waals surface area contributed by atoms with Gasteiger partial charge in [-0.25, -0.2) is 5.43 Å². The molecule has 98 valence electrons. The minimum absolute atomic E-state index is 0.290. The van der Waals surface area contributed by atoms with Gasteiger partial charge in [0.1, 0.15) is 0 Å². The Morgan fingerprint density at radius 3 is 2.89 bits per heavy atom. The summed E-state index contributed by atoms with van der Waals surface area (Å²) in [4.78, 5) is 0. The maximum atomic E-state index is 6.17. The molecule has 1 atom stereocenters. The van der Waals surface area contributed by atoms with E-state index in [4.69, 9.17) is 33.5 Å². The number of nitrogens with zero attached hydrogens (tertiary/aromatic N) is 2. The van der Waals surface area contributed by atoms with Gasteiger partial charge >= 0.3 is 0 Å². The molecule has 2 heterocycles. The third-order valence-electron chi connectivity index (χ3n) is 2.67. The maximum absolute atomic E-state index is 6.17. The number of hydrazine groups is 1. The van der Waals surface area contributed by atoms with Crippen LogP contribution in [-0.4, -0.2) is 9.78 Å². The van der Waals surface area contributed by atoms with Crippen LogP contribution in [0.15, 0.2) is 22.9 Å². The molecule has 1 unspecified atom stereocenters. The smallest absolute Gasteiger partial charge is 0.198 e. The highest BCUT2D eigenvalue weighted by Crippen LogP contribution is 2.32. The van der Waals surface area contributed by atoms with Crippen molar-refractivity contribution in [1.29, 1.82) is 0 Å². The number of rotatable bonds is 5. The molecule has 3 N–H and O–H groups in total. The Labute approximate surface area is 115 Å². The summed E-state index contributed by atoms with van der Waals surface area (Å²) in [6.07, 6.45) is 4.06. The third-order valence-corrected chi connectivity index (χ3v) is 3.26. The highest BCUT2D eigenvalue weighted by atomic mass is 35.5. The van der Waals surface area contributed by atoms with Crippen molar-refractivity contribution in [2.45, 2.75) is 25.9 Å². The van der Waals surface area contributed by atoms with Crippen LogP contribution in [0.3, 0.4) is 0 Å². The summed E-state index contributed by atoms with van der Waals surface area (Å²) in [7, 11) is 0. The van der Waals surface area contributed by atoms with Crippen LogP contribution in [0.1, 0.15) is 30.6 Å². The summed E-state index contributed by atoms with van der Waals surface area (Å²) in [5.41, 5.74) is 4.21. The first-order valence-electron chi connectivity index (χ1n) is 5.59. The van der Waals surface area contributed by atoms with E-state index in [1.54, 1.807) is 12.3 Å². The molecule has 18 heavy (non-hydrogen) atoms. The molecule has 0 aliphatic carbocycles. The zero-order valence-corrected chi connectivity index (χ0v) is 11.4. The Bertz CT molecular complexity index is 523. The standard InChI is InChI=1S/C11H14Cl2N4O/c1-2-4-17-10(8(12)6-15-17)9(16-14)7-3-5-18-11(7)13/h3,5-6,9,16H,2,4,14H2,1H3. The molecule has 0 fully saturated rings. The molecule has 0 spiro atoms. The highest BCUT2D eigenvalue weighted by Gasteiger charge is 2.24. The van der Waals surface area contributed by atoms with Gasteiger partial charge in [-0.2, -0.15) is 5.10 Å². The first-order valence-corrected chi connectivity index (χ1v) is 6.34. The van der Waals surface area contributed by atoms with Gasteiger partial charge < -0.3 is 4.42 Å². The number of halogens is 2. The average molecular weight is 289 g/mol. The van der Waals surface area contributed by atoms with Crippen molar-refractivity contribution in [2.24, 2.45) is 5.84 Å². The topological polar surface area (TPSA) is 69.0 Å². The number of aryl methyl sites for hydroxylation is 1. The van der Waals surface area contributed by atoms with E-state index in [1.165, 1.54) is 6.26 Å². The van der Waals surface area contributed by atoms with Crippen molar-refractivity contribution < 1.29 is 4.42 Å². The number of nitrogens with two attached hydrogens (primary N) is 1. The number of aromatic nitrogens is 2. The van der Waals surface area contributed by atoms with Crippen LogP contribution >= 0.6 is 23.2 Å². The molecule has 5 nitrogen and oxygen atoms in total. The fourth-order valence-corrected chi connectivity index (χ4v) is 2.35. The van der Waals surface area contributed by atoms with Gasteiger partial charge in [0.05, 0.1) is 29.2 Å². The molecule has 0 radical (unpaired) electrons. The molecule has 0 aliphatic heterocycles. The molecular formula is C11H14Cl2N4O. The number of hydrogen-bond acceptors (Lipinski definition) is 4. The molecule has 7 heteroatoms. The van der Waals surface area contributed by atoms with E-state index in [2.05, 4.69) is 17.4 Å². The summed E-state index contributed by atoms with van der Waals surface area (Å²) in [6, 6.07) is 1.41. The summed E-state index contributed by atoms with van der Waals surface area (Å²) < 4.78 is 6.90. The van der Waals surface area contributed by atoms with Crippen LogP contribution in [0.4, 0.5) is 0 Å². The fraction of sp³-hybridized carbons (Fsp3) is 0.364. The second-order valence-corrected chi connectivity index (χ2v) is 4.60. The molecule has 0 saturated carbocycles. The fourth-order valence-electron chi connectivity index (χ4n) is 1.88. The highest BCUT2D eigenvalue weighted by molar-refractivity contribution is 6.31. The quantitative estimate of drug-likeness (QED) is 0.656. The van der Waals surface area contributed by atoms with Crippen molar-refractivity contribution in [3.05, 3.63) is 40.0 Å². The second-order valence-electron chi connectivity index (χ2n) is 3.85. The molecule has 0 amide bonds. The maximum Gasteiger partial charge on any atom is 0.198 e. The van der Waals surface area contributed by atoms with Crippen molar-refractivity contribution in [2.75, 3.05) is 0 Å². The zero-order chi connectivity index (χ0) is 13.1. The van der Waals surface area contributed by atoms with E-state index >= 15 is 0 Å². The Morgan fingerprint density at radius 1 is 1.56 bits per heavy atom. The van der Waals surface area contributed by atoms with Crippen LogP contribution in [-0.2, 0) is 6.54 Å².